The average molecular weight is 288 g/mol. The Morgan fingerprint density at radius 1 is 1.21 bits per heavy atom. The van der Waals surface area contributed by atoms with E-state index in [-0.39, 0.29) is 11.1 Å². The molecule has 1 unspecified atom stereocenters. The van der Waals surface area contributed by atoms with E-state index in [1.807, 2.05) is 20.8 Å². The van der Waals surface area contributed by atoms with Crippen molar-refractivity contribution in [1.29, 1.82) is 0 Å². The van der Waals surface area contributed by atoms with Crippen LogP contribution in [-0.4, -0.2) is 32.7 Å². The van der Waals surface area contributed by atoms with Crippen LogP contribution in [-0.2, 0) is 9.16 Å². The molecule has 4 nitrogen and oxygen atoms in total. The van der Waals surface area contributed by atoms with Gasteiger partial charge in [-0.25, -0.2) is 4.79 Å². The third-order valence-electron chi connectivity index (χ3n) is 3.14. The van der Waals surface area contributed by atoms with Gasteiger partial charge in [-0.05, 0) is 45.8 Å². The van der Waals surface area contributed by atoms with E-state index in [0.29, 0.717) is 6.54 Å². The topological polar surface area (TPSA) is 47.6 Å². The molecule has 0 aromatic rings. The minimum Gasteiger partial charge on any atom is -0.444 e. The van der Waals surface area contributed by atoms with Gasteiger partial charge in [0, 0.05) is 6.54 Å². The number of ether oxygens (including phenoxy) is 1. The molecule has 0 rings (SSSR count). The molecule has 1 atom stereocenters. The van der Waals surface area contributed by atoms with E-state index >= 15 is 0 Å². The molecule has 1 radical (unpaired) electrons. The fourth-order valence-electron chi connectivity index (χ4n) is 1.15. The van der Waals surface area contributed by atoms with Crippen molar-refractivity contribution < 1.29 is 14.0 Å². The Morgan fingerprint density at radius 2 is 1.68 bits per heavy atom. The Kier molecular flexibility index (Phi) is 6.08. The van der Waals surface area contributed by atoms with Crippen LogP contribution in [0.2, 0.25) is 18.1 Å². The summed E-state index contributed by atoms with van der Waals surface area (Å²) in [6.45, 7) is 20.7. The van der Waals surface area contributed by atoms with Crippen molar-refractivity contribution in [3.05, 3.63) is 6.92 Å². The van der Waals surface area contributed by atoms with Crippen molar-refractivity contribution >= 4 is 14.4 Å². The quantitative estimate of drug-likeness (QED) is 0.802. The number of hydrogen-bond donors (Lipinski definition) is 1. The second kappa shape index (κ2) is 6.26. The molecule has 1 amide bonds. The van der Waals surface area contributed by atoms with Crippen LogP contribution in [0, 0.1) is 6.92 Å². The second-order valence-electron chi connectivity index (χ2n) is 7.38. The van der Waals surface area contributed by atoms with E-state index < -0.39 is 20.0 Å². The number of rotatable bonds is 4. The summed E-state index contributed by atoms with van der Waals surface area (Å²) in [5, 5.41) is 2.82. The summed E-state index contributed by atoms with van der Waals surface area (Å²) in [7, 11) is -1.84. The lowest BCUT2D eigenvalue weighted by Gasteiger charge is -2.38. The lowest BCUT2D eigenvalue weighted by atomic mass is 10.2. The van der Waals surface area contributed by atoms with Gasteiger partial charge in [-0.3, -0.25) is 0 Å². The summed E-state index contributed by atoms with van der Waals surface area (Å²) in [5.74, 6) is 0. The number of alkyl carbamates (subject to hydrolysis) is 1. The first-order chi connectivity index (χ1) is 8.24. The highest BCUT2D eigenvalue weighted by atomic mass is 28.4. The largest absolute Gasteiger partial charge is 0.444 e. The van der Waals surface area contributed by atoms with Crippen LogP contribution in [0.15, 0.2) is 0 Å². The van der Waals surface area contributed by atoms with Gasteiger partial charge in [0.05, 0.1) is 6.10 Å². The maximum Gasteiger partial charge on any atom is 0.407 e. The van der Waals surface area contributed by atoms with Gasteiger partial charge in [0.15, 0.2) is 8.32 Å². The normalized spacial score (nSPS) is 15.0. The monoisotopic (exact) mass is 288 g/mol. The van der Waals surface area contributed by atoms with E-state index in [2.05, 4.69) is 46.1 Å². The number of carbonyl (C=O) groups is 1. The molecular weight excluding hydrogens is 258 g/mol. The third kappa shape index (κ3) is 7.57. The minimum atomic E-state index is -1.84. The molecule has 5 heteroatoms. The van der Waals surface area contributed by atoms with Crippen LogP contribution in [0.4, 0.5) is 4.79 Å². The van der Waals surface area contributed by atoms with Gasteiger partial charge in [-0.2, -0.15) is 0 Å². The fraction of sp³-hybridized carbons (Fsp3) is 0.857. The van der Waals surface area contributed by atoms with E-state index in [1.165, 1.54) is 0 Å². The van der Waals surface area contributed by atoms with Crippen LogP contribution < -0.4 is 5.32 Å². The molecule has 0 aliphatic heterocycles. The second-order valence-corrected chi connectivity index (χ2v) is 12.1. The number of hydrogen-bond acceptors (Lipinski definition) is 3. The Balaban J connectivity index is 4.21. The zero-order valence-electron chi connectivity index (χ0n) is 13.7. The number of nitrogens with one attached hydrogen (secondary N) is 1. The molecule has 0 bridgehead atoms. The summed E-state index contributed by atoms with van der Waals surface area (Å²) in [6, 6.07) is 0. The van der Waals surface area contributed by atoms with Crippen molar-refractivity contribution in [2.45, 2.75) is 71.4 Å². The van der Waals surface area contributed by atoms with Crippen LogP contribution in [0.25, 0.3) is 0 Å². The highest BCUT2D eigenvalue weighted by molar-refractivity contribution is 6.74. The minimum absolute atomic E-state index is 0.134. The van der Waals surface area contributed by atoms with E-state index in [0.717, 1.165) is 0 Å². The van der Waals surface area contributed by atoms with E-state index in [9.17, 15) is 4.79 Å². The van der Waals surface area contributed by atoms with Crippen LogP contribution in [0.1, 0.15) is 41.5 Å². The molecule has 0 heterocycles. The first kappa shape index (κ1) is 18.4. The average Bonchev–Trinajstić information content (AvgIpc) is 2.09. The van der Waals surface area contributed by atoms with Crippen LogP contribution in [0.5, 0.6) is 0 Å². The first-order valence-corrected chi connectivity index (χ1v) is 9.63. The highest BCUT2D eigenvalue weighted by Gasteiger charge is 2.38. The molecule has 0 saturated carbocycles. The molecule has 0 aliphatic rings. The molecule has 19 heavy (non-hydrogen) atoms. The predicted molar refractivity (Wildman–Crippen MR) is 81.7 cm³/mol. The predicted octanol–water partition coefficient (Wildman–Crippen LogP) is 3.74. The van der Waals surface area contributed by atoms with Gasteiger partial charge in [0.2, 0.25) is 0 Å². The molecule has 0 aromatic carbocycles. The first-order valence-electron chi connectivity index (χ1n) is 6.72. The standard InChI is InChI=1S/C14H30NO3Si/c1-11(18-19(8,9)14(5,6)7)10-15-12(16)17-13(2,3)4/h11H,1,10H2,2-9H3,(H,15,16). The smallest absolute Gasteiger partial charge is 0.407 e. The van der Waals surface area contributed by atoms with Crippen molar-refractivity contribution in [1.82, 2.24) is 5.32 Å². The van der Waals surface area contributed by atoms with Crippen molar-refractivity contribution in [3.63, 3.8) is 0 Å². The van der Waals surface area contributed by atoms with E-state index in [4.69, 9.17) is 9.16 Å². The molecular formula is C14H30NO3Si. The Hall–Kier alpha value is -0.553. The summed E-state index contributed by atoms with van der Waals surface area (Å²) in [5.41, 5.74) is -0.485. The molecule has 0 fully saturated rings. The van der Waals surface area contributed by atoms with Gasteiger partial charge < -0.3 is 14.5 Å². The summed E-state index contributed by atoms with van der Waals surface area (Å²) in [6.07, 6.45) is -0.687. The highest BCUT2D eigenvalue weighted by Crippen LogP contribution is 2.37. The van der Waals surface area contributed by atoms with Crippen LogP contribution in [0.3, 0.4) is 0 Å². The van der Waals surface area contributed by atoms with E-state index in [1.54, 1.807) is 0 Å². The van der Waals surface area contributed by atoms with Crippen molar-refractivity contribution in [2.75, 3.05) is 6.54 Å². The van der Waals surface area contributed by atoms with Crippen molar-refractivity contribution in [2.24, 2.45) is 0 Å². The van der Waals surface area contributed by atoms with Crippen LogP contribution >= 0.6 is 0 Å². The Morgan fingerprint density at radius 3 is 2.05 bits per heavy atom. The fourth-order valence-corrected chi connectivity index (χ4v) is 2.42. The SMILES string of the molecule is [CH2]C(CNC(=O)OC(C)(C)C)O[Si](C)(C)C(C)(C)C. The molecule has 0 spiro atoms. The third-order valence-corrected chi connectivity index (χ3v) is 7.68. The van der Waals surface area contributed by atoms with Gasteiger partial charge in [0.1, 0.15) is 5.60 Å². The molecule has 0 saturated heterocycles. The van der Waals surface area contributed by atoms with Gasteiger partial charge in [-0.1, -0.05) is 20.8 Å². The van der Waals surface area contributed by atoms with Gasteiger partial charge in [0.25, 0.3) is 0 Å². The summed E-state index contributed by atoms with van der Waals surface area (Å²) in [4.78, 5) is 11.5. The molecule has 0 aromatic heterocycles. The zero-order chi connectivity index (χ0) is 15.5. The molecule has 1 N–H and O–H groups in total. The summed E-state index contributed by atoms with van der Waals surface area (Å²) < 4.78 is 11.2. The zero-order valence-corrected chi connectivity index (χ0v) is 14.7. The number of carbonyl (C=O) groups excluding carboxylic acids is 1. The lowest BCUT2D eigenvalue weighted by molar-refractivity contribution is 0.0507. The van der Waals surface area contributed by atoms with Gasteiger partial charge in [-0.15, -0.1) is 0 Å². The molecule has 0 aliphatic carbocycles. The maximum atomic E-state index is 11.5. The maximum absolute atomic E-state index is 11.5. The Bertz CT molecular complexity index is 303. The number of amides is 1. The summed E-state index contributed by atoms with van der Waals surface area (Å²) >= 11 is 0. The van der Waals surface area contributed by atoms with Gasteiger partial charge >= 0.3 is 6.09 Å². The molecule has 113 valence electrons. The Labute approximate surface area is 119 Å². The van der Waals surface area contributed by atoms with Crippen molar-refractivity contribution in [3.8, 4) is 0 Å². The lowest BCUT2D eigenvalue weighted by Crippen LogP contribution is -2.46.